The van der Waals surface area contributed by atoms with Crippen LogP contribution in [-0.2, 0) is 4.74 Å². The molecule has 2 saturated carbocycles. The number of ether oxygens (including phenoxy) is 2. The molecule has 2 aliphatic rings. The molecule has 0 radical (unpaired) electrons. The Bertz CT molecular complexity index is 801. The average Bonchev–Trinajstić information content (AvgIpc) is 3.28. The molecule has 0 saturated heterocycles. The molecule has 0 aromatic carbocycles. The summed E-state index contributed by atoms with van der Waals surface area (Å²) in [6, 6.07) is 0. The molecule has 0 aliphatic heterocycles. The van der Waals surface area contributed by atoms with E-state index in [-0.39, 0.29) is 18.8 Å². The SMILES string of the molecule is Cc1nc(/C(N)=C(\COC(=O)N(C)CC2CCCC2)N(C)N)cnc1OC1CCCCC1. The van der Waals surface area contributed by atoms with E-state index in [0.717, 1.165) is 12.8 Å². The number of likely N-dealkylation sites (N-methyl/N-ethyl adjacent to an activating group) is 1. The standard InChI is InChI=1S/C23H38N6O3/c1-16-22(32-18-11-5-4-6-12-18)26-13-19(27-16)21(24)20(29(3)25)15-31-23(30)28(2)14-17-9-7-8-10-17/h13,17-18H,4-12,14-15,24-25H2,1-3H3/b21-20-. The zero-order valence-electron chi connectivity index (χ0n) is 19.7. The van der Waals surface area contributed by atoms with Crippen LogP contribution in [0, 0.1) is 12.8 Å². The topological polar surface area (TPSA) is 120 Å². The molecule has 178 valence electrons. The molecule has 1 aromatic rings. The lowest BCUT2D eigenvalue weighted by Crippen LogP contribution is -2.35. The second-order valence-electron chi connectivity index (χ2n) is 9.08. The van der Waals surface area contributed by atoms with Gasteiger partial charge in [0.15, 0.2) is 0 Å². The van der Waals surface area contributed by atoms with Gasteiger partial charge < -0.3 is 25.1 Å². The minimum absolute atomic E-state index is 0.0479. The summed E-state index contributed by atoms with van der Waals surface area (Å²) in [5.41, 5.74) is 8.27. The molecule has 2 fully saturated rings. The number of nitrogens with zero attached hydrogens (tertiary/aromatic N) is 4. The van der Waals surface area contributed by atoms with Gasteiger partial charge in [0.1, 0.15) is 24.1 Å². The van der Waals surface area contributed by atoms with Crippen LogP contribution in [-0.4, -0.2) is 59.3 Å². The summed E-state index contributed by atoms with van der Waals surface area (Å²) >= 11 is 0. The van der Waals surface area contributed by atoms with Crippen molar-refractivity contribution in [2.24, 2.45) is 17.5 Å². The molecule has 1 heterocycles. The highest BCUT2D eigenvalue weighted by Crippen LogP contribution is 2.26. The normalized spacial score (nSPS) is 18.2. The zero-order valence-corrected chi connectivity index (χ0v) is 19.7. The monoisotopic (exact) mass is 446 g/mol. The lowest BCUT2D eigenvalue weighted by Gasteiger charge is -2.24. The van der Waals surface area contributed by atoms with E-state index in [9.17, 15) is 4.79 Å². The average molecular weight is 447 g/mol. The van der Waals surface area contributed by atoms with Crippen LogP contribution in [0.15, 0.2) is 11.9 Å². The summed E-state index contributed by atoms with van der Waals surface area (Å²) in [4.78, 5) is 23.1. The van der Waals surface area contributed by atoms with E-state index in [1.165, 1.54) is 50.0 Å². The number of carbonyl (C=O) groups excluding carboxylic acids is 1. The first kappa shape index (κ1) is 24.1. The Hall–Kier alpha value is -2.55. The summed E-state index contributed by atoms with van der Waals surface area (Å²) < 4.78 is 11.5. The minimum Gasteiger partial charge on any atom is -0.473 e. The van der Waals surface area contributed by atoms with Crippen LogP contribution in [0.2, 0.25) is 0 Å². The van der Waals surface area contributed by atoms with E-state index < -0.39 is 0 Å². The number of hydrazine groups is 1. The molecule has 2 aliphatic carbocycles. The van der Waals surface area contributed by atoms with E-state index in [2.05, 4.69) is 9.97 Å². The van der Waals surface area contributed by atoms with Gasteiger partial charge in [0, 0.05) is 20.6 Å². The number of rotatable bonds is 8. The Morgan fingerprint density at radius 2 is 1.78 bits per heavy atom. The maximum Gasteiger partial charge on any atom is 0.409 e. The van der Waals surface area contributed by atoms with E-state index in [0.29, 0.717) is 41.1 Å². The number of aryl methyl sites for hydroxylation is 1. The number of amides is 1. The molecule has 4 N–H and O–H groups in total. The molecule has 3 rings (SSSR count). The van der Waals surface area contributed by atoms with Crippen molar-refractivity contribution in [3.63, 3.8) is 0 Å². The van der Waals surface area contributed by atoms with Gasteiger partial charge in [-0.3, -0.25) is 0 Å². The highest BCUT2D eigenvalue weighted by atomic mass is 16.6. The summed E-state index contributed by atoms with van der Waals surface area (Å²) in [5, 5.41) is 1.35. The van der Waals surface area contributed by atoms with Crippen molar-refractivity contribution in [1.82, 2.24) is 19.9 Å². The first-order valence-corrected chi connectivity index (χ1v) is 11.7. The summed E-state index contributed by atoms with van der Waals surface area (Å²) in [6.07, 6.45) is 11.9. The number of carbonyl (C=O) groups is 1. The number of aromatic nitrogens is 2. The molecule has 32 heavy (non-hydrogen) atoms. The van der Waals surface area contributed by atoms with Crippen molar-refractivity contribution < 1.29 is 14.3 Å². The smallest absolute Gasteiger partial charge is 0.409 e. The van der Waals surface area contributed by atoms with E-state index in [1.54, 1.807) is 25.2 Å². The second kappa shape index (κ2) is 11.4. The molecule has 0 unspecified atom stereocenters. The maximum atomic E-state index is 12.4. The first-order valence-electron chi connectivity index (χ1n) is 11.7. The molecular weight excluding hydrogens is 408 g/mol. The molecule has 0 bridgehead atoms. The Morgan fingerprint density at radius 1 is 1.12 bits per heavy atom. The van der Waals surface area contributed by atoms with Crippen LogP contribution in [0.4, 0.5) is 4.79 Å². The second-order valence-corrected chi connectivity index (χ2v) is 9.08. The first-order chi connectivity index (χ1) is 15.3. The van der Waals surface area contributed by atoms with Crippen LogP contribution >= 0.6 is 0 Å². The third-order valence-corrected chi connectivity index (χ3v) is 6.40. The number of hydrogen-bond donors (Lipinski definition) is 2. The minimum atomic E-state index is -0.387. The highest BCUT2D eigenvalue weighted by Gasteiger charge is 2.22. The van der Waals surface area contributed by atoms with Gasteiger partial charge in [0.25, 0.3) is 0 Å². The molecule has 0 atom stereocenters. The van der Waals surface area contributed by atoms with Gasteiger partial charge in [0.05, 0.1) is 17.6 Å². The number of nitrogens with two attached hydrogens (primary N) is 2. The van der Waals surface area contributed by atoms with Crippen molar-refractivity contribution in [3.05, 3.63) is 23.3 Å². The van der Waals surface area contributed by atoms with Gasteiger partial charge >= 0.3 is 6.09 Å². The zero-order chi connectivity index (χ0) is 23.1. The largest absolute Gasteiger partial charge is 0.473 e. The van der Waals surface area contributed by atoms with Gasteiger partial charge in [-0.05, 0) is 51.4 Å². The van der Waals surface area contributed by atoms with Gasteiger partial charge in [-0.2, -0.15) is 0 Å². The van der Waals surface area contributed by atoms with Gasteiger partial charge in [-0.15, -0.1) is 0 Å². The van der Waals surface area contributed by atoms with Crippen LogP contribution in [0.5, 0.6) is 5.88 Å². The molecule has 9 heteroatoms. The van der Waals surface area contributed by atoms with Crippen LogP contribution in [0.25, 0.3) is 5.70 Å². The fourth-order valence-electron chi connectivity index (χ4n) is 4.47. The lowest BCUT2D eigenvalue weighted by atomic mass is 9.98. The van der Waals surface area contributed by atoms with E-state index in [4.69, 9.17) is 21.1 Å². The predicted octanol–water partition coefficient (Wildman–Crippen LogP) is 3.19. The molecule has 9 nitrogen and oxygen atoms in total. The maximum absolute atomic E-state index is 12.4. The van der Waals surface area contributed by atoms with Gasteiger partial charge in [0.2, 0.25) is 5.88 Å². The third kappa shape index (κ3) is 6.48. The summed E-state index contributed by atoms with van der Waals surface area (Å²) in [5.74, 6) is 7.07. The van der Waals surface area contributed by atoms with Crippen LogP contribution in [0.3, 0.4) is 0 Å². The van der Waals surface area contributed by atoms with E-state index in [1.807, 2.05) is 6.92 Å². The number of hydrogen-bond acceptors (Lipinski definition) is 8. The molecule has 1 aromatic heterocycles. The molecular formula is C23H38N6O3. The fraction of sp³-hybridized carbons (Fsp3) is 0.696. The predicted molar refractivity (Wildman–Crippen MR) is 123 cm³/mol. The lowest BCUT2D eigenvalue weighted by molar-refractivity contribution is 0.108. The van der Waals surface area contributed by atoms with Gasteiger partial charge in [-0.1, -0.05) is 19.3 Å². The molecule has 1 amide bonds. The van der Waals surface area contributed by atoms with Crippen molar-refractivity contribution in [2.45, 2.75) is 70.8 Å². The third-order valence-electron chi connectivity index (χ3n) is 6.40. The Balaban J connectivity index is 1.64. The van der Waals surface area contributed by atoms with Crippen molar-refractivity contribution in [2.75, 3.05) is 27.2 Å². The van der Waals surface area contributed by atoms with Crippen LogP contribution in [0.1, 0.15) is 69.2 Å². The highest BCUT2D eigenvalue weighted by molar-refractivity contribution is 5.68. The van der Waals surface area contributed by atoms with E-state index >= 15 is 0 Å². The fourth-order valence-corrected chi connectivity index (χ4v) is 4.47. The Labute approximate surface area is 191 Å². The van der Waals surface area contributed by atoms with Crippen LogP contribution < -0.4 is 16.3 Å². The van der Waals surface area contributed by atoms with Crippen molar-refractivity contribution in [1.29, 1.82) is 0 Å². The molecule has 0 spiro atoms. The van der Waals surface area contributed by atoms with Crippen molar-refractivity contribution >= 4 is 11.8 Å². The van der Waals surface area contributed by atoms with Crippen molar-refractivity contribution in [3.8, 4) is 5.88 Å². The Morgan fingerprint density at radius 3 is 2.41 bits per heavy atom. The summed E-state index contributed by atoms with van der Waals surface area (Å²) in [7, 11) is 3.42. The Kier molecular flexibility index (Phi) is 8.55. The quantitative estimate of drug-likeness (QED) is 0.461. The summed E-state index contributed by atoms with van der Waals surface area (Å²) in [6.45, 7) is 2.51. The van der Waals surface area contributed by atoms with Gasteiger partial charge in [-0.25, -0.2) is 20.6 Å².